The third-order valence-electron chi connectivity index (χ3n) is 6.44. The third kappa shape index (κ3) is 3.16. The van der Waals surface area contributed by atoms with Crippen LogP contribution in [0.25, 0.3) is 0 Å². The number of nitrogens with zero attached hydrogens (tertiary/aromatic N) is 2. The number of aliphatic hydroxyl groups excluding tert-OH is 1. The molecule has 2 fully saturated rings. The van der Waals surface area contributed by atoms with Gasteiger partial charge in [-0.3, -0.25) is 4.90 Å². The molecule has 0 unspecified atom stereocenters. The van der Waals surface area contributed by atoms with Crippen LogP contribution < -0.4 is 0 Å². The standard InChI is InChI=1S/C20H30N2OS2/c1-21(2)18-16-5-3-4-6-17(16)20(19(18)23)7-9-22(10-8-20)15-13-24-11-12-25-14-15/h3-6,15,18-19,23H,7-14H2,1-2H3/t18-,19+/m0/s1. The monoisotopic (exact) mass is 378 g/mol. The Bertz CT molecular complexity index is 593. The average molecular weight is 379 g/mol. The molecule has 138 valence electrons. The number of likely N-dealkylation sites (tertiary alicyclic amines) is 1. The van der Waals surface area contributed by atoms with Crippen molar-refractivity contribution in [1.82, 2.24) is 9.80 Å². The van der Waals surface area contributed by atoms with Crippen molar-refractivity contribution < 1.29 is 5.11 Å². The molecule has 25 heavy (non-hydrogen) atoms. The van der Waals surface area contributed by atoms with Crippen molar-refractivity contribution in [3.63, 3.8) is 0 Å². The van der Waals surface area contributed by atoms with Crippen molar-refractivity contribution in [2.45, 2.75) is 36.4 Å². The first-order valence-corrected chi connectivity index (χ1v) is 11.8. The molecular formula is C20H30N2OS2. The Kier molecular flexibility index (Phi) is 5.40. The second-order valence-electron chi connectivity index (χ2n) is 7.94. The van der Waals surface area contributed by atoms with E-state index in [1.54, 1.807) is 0 Å². The molecule has 3 aliphatic rings. The van der Waals surface area contributed by atoms with E-state index < -0.39 is 0 Å². The molecule has 2 saturated heterocycles. The molecule has 1 N–H and O–H groups in total. The maximum Gasteiger partial charge on any atom is 0.0834 e. The lowest BCUT2D eigenvalue weighted by atomic mass is 9.71. The number of thioether (sulfide) groups is 2. The molecular weight excluding hydrogens is 348 g/mol. The summed E-state index contributed by atoms with van der Waals surface area (Å²) < 4.78 is 0. The van der Waals surface area contributed by atoms with Crippen molar-refractivity contribution in [2.24, 2.45) is 0 Å². The van der Waals surface area contributed by atoms with Gasteiger partial charge in [0.15, 0.2) is 0 Å². The summed E-state index contributed by atoms with van der Waals surface area (Å²) in [6.45, 7) is 2.24. The van der Waals surface area contributed by atoms with Crippen LogP contribution in [-0.4, -0.2) is 77.2 Å². The lowest BCUT2D eigenvalue weighted by molar-refractivity contribution is -0.00662. The number of fused-ring (bicyclic) bond motifs is 2. The van der Waals surface area contributed by atoms with Gasteiger partial charge in [-0.15, -0.1) is 0 Å². The molecule has 2 aliphatic heterocycles. The summed E-state index contributed by atoms with van der Waals surface area (Å²) in [6, 6.07) is 9.62. The topological polar surface area (TPSA) is 26.7 Å². The Morgan fingerprint density at radius 2 is 1.72 bits per heavy atom. The second-order valence-corrected chi connectivity index (χ2v) is 10.2. The molecule has 0 saturated carbocycles. The smallest absolute Gasteiger partial charge is 0.0834 e. The Morgan fingerprint density at radius 3 is 2.36 bits per heavy atom. The van der Waals surface area contributed by atoms with Crippen LogP contribution in [0, 0.1) is 0 Å². The molecule has 1 aliphatic carbocycles. The van der Waals surface area contributed by atoms with Gasteiger partial charge in [0.1, 0.15) is 0 Å². The van der Waals surface area contributed by atoms with E-state index in [4.69, 9.17) is 0 Å². The lowest BCUT2D eigenvalue weighted by Crippen LogP contribution is -2.52. The molecule has 1 aromatic rings. The van der Waals surface area contributed by atoms with Crippen molar-refractivity contribution in [3.8, 4) is 0 Å². The molecule has 2 atom stereocenters. The number of aliphatic hydroxyl groups is 1. The normalized spacial score (nSPS) is 30.6. The number of benzene rings is 1. The maximum absolute atomic E-state index is 11.3. The van der Waals surface area contributed by atoms with E-state index >= 15 is 0 Å². The number of likely N-dealkylation sites (N-methyl/N-ethyl adjacent to an activating group) is 1. The number of rotatable bonds is 2. The fourth-order valence-electron chi connectivity index (χ4n) is 5.07. The lowest BCUT2D eigenvalue weighted by Gasteiger charge is -2.45. The number of hydrogen-bond acceptors (Lipinski definition) is 5. The van der Waals surface area contributed by atoms with Gasteiger partial charge in [0.25, 0.3) is 0 Å². The molecule has 0 radical (unpaired) electrons. The first-order valence-electron chi connectivity index (χ1n) is 9.47. The quantitative estimate of drug-likeness (QED) is 0.854. The summed E-state index contributed by atoms with van der Waals surface area (Å²) in [5.41, 5.74) is 2.70. The van der Waals surface area contributed by atoms with E-state index in [0.717, 1.165) is 25.9 Å². The fourth-order valence-corrected chi connectivity index (χ4v) is 7.70. The molecule has 0 amide bonds. The Morgan fingerprint density at radius 1 is 1.08 bits per heavy atom. The summed E-state index contributed by atoms with van der Waals surface area (Å²) in [4.78, 5) is 4.90. The van der Waals surface area contributed by atoms with Crippen LogP contribution >= 0.6 is 23.5 Å². The van der Waals surface area contributed by atoms with E-state index in [2.05, 4.69) is 71.7 Å². The molecule has 5 heteroatoms. The van der Waals surface area contributed by atoms with Crippen LogP contribution in [0.3, 0.4) is 0 Å². The van der Waals surface area contributed by atoms with E-state index in [1.165, 1.54) is 34.1 Å². The van der Waals surface area contributed by atoms with Gasteiger partial charge in [0.05, 0.1) is 12.1 Å². The van der Waals surface area contributed by atoms with E-state index in [9.17, 15) is 5.11 Å². The molecule has 0 aromatic heterocycles. The molecule has 2 heterocycles. The minimum absolute atomic E-state index is 0.0486. The number of hydrogen-bond donors (Lipinski definition) is 1. The third-order valence-corrected chi connectivity index (χ3v) is 8.92. The van der Waals surface area contributed by atoms with E-state index in [-0.39, 0.29) is 17.6 Å². The van der Waals surface area contributed by atoms with Crippen molar-refractivity contribution >= 4 is 23.5 Å². The summed E-state index contributed by atoms with van der Waals surface area (Å²) in [5, 5.41) is 11.3. The predicted octanol–water partition coefficient (Wildman–Crippen LogP) is 2.85. The highest BCUT2D eigenvalue weighted by molar-refractivity contribution is 8.03. The van der Waals surface area contributed by atoms with Gasteiger partial charge in [-0.25, -0.2) is 0 Å². The first kappa shape index (κ1) is 18.2. The number of piperidine rings is 1. The van der Waals surface area contributed by atoms with Crippen LogP contribution in [0.15, 0.2) is 24.3 Å². The van der Waals surface area contributed by atoms with Gasteiger partial charge in [0.2, 0.25) is 0 Å². The van der Waals surface area contributed by atoms with Crippen molar-refractivity contribution in [1.29, 1.82) is 0 Å². The molecule has 0 bridgehead atoms. The minimum atomic E-state index is -0.292. The van der Waals surface area contributed by atoms with Crippen molar-refractivity contribution in [2.75, 3.05) is 50.2 Å². The molecule has 3 nitrogen and oxygen atoms in total. The summed E-state index contributed by atoms with van der Waals surface area (Å²) in [7, 11) is 4.19. The Hall–Kier alpha value is -0.200. The van der Waals surface area contributed by atoms with Crippen molar-refractivity contribution in [3.05, 3.63) is 35.4 Å². The Labute approximate surface area is 160 Å². The predicted molar refractivity (Wildman–Crippen MR) is 110 cm³/mol. The SMILES string of the molecule is CN(C)[C@H]1c2ccccc2C2(CCN(C3CSCCSC3)CC2)[C@@H]1O. The van der Waals surface area contributed by atoms with Gasteiger partial charge in [0, 0.05) is 34.5 Å². The van der Waals surface area contributed by atoms with Crippen LogP contribution in [0.1, 0.15) is 30.0 Å². The second kappa shape index (κ2) is 7.43. The zero-order valence-corrected chi connectivity index (χ0v) is 17.0. The first-order chi connectivity index (χ1) is 12.1. The summed E-state index contributed by atoms with van der Waals surface area (Å²) >= 11 is 4.23. The van der Waals surface area contributed by atoms with Gasteiger partial charge >= 0.3 is 0 Å². The highest BCUT2D eigenvalue weighted by Crippen LogP contribution is 2.52. The highest BCUT2D eigenvalue weighted by Gasteiger charge is 2.53. The highest BCUT2D eigenvalue weighted by atomic mass is 32.2. The zero-order valence-electron chi connectivity index (χ0n) is 15.4. The minimum Gasteiger partial charge on any atom is -0.390 e. The molecule has 1 spiro atoms. The van der Waals surface area contributed by atoms with Crippen LogP contribution in [0.5, 0.6) is 0 Å². The van der Waals surface area contributed by atoms with E-state index in [1.807, 2.05) is 0 Å². The average Bonchev–Trinajstić information content (AvgIpc) is 2.80. The van der Waals surface area contributed by atoms with E-state index in [0.29, 0.717) is 6.04 Å². The molecule has 4 rings (SSSR count). The van der Waals surface area contributed by atoms with Gasteiger partial charge in [-0.1, -0.05) is 24.3 Å². The molecule has 1 aromatic carbocycles. The van der Waals surface area contributed by atoms with Crippen LogP contribution in [-0.2, 0) is 5.41 Å². The maximum atomic E-state index is 11.3. The fraction of sp³-hybridized carbons (Fsp3) is 0.700. The summed E-state index contributed by atoms with van der Waals surface area (Å²) in [6.07, 6.45) is 1.88. The van der Waals surface area contributed by atoms with Crippen LogP contribution in [0.4, 0.5) is 0 Å². The largest absolute Gasteiger partial charge is 0.390 e. The summed E-state index contributed by atoms with van der Waals surface area (Å²) in [5.74, 6) is 5.16. The zero-order chi connectivity index (χ0) is 17.4. The van der Waals surface area contributed by atoms with Gasteiger partial charge < -0.3 is 10.0 Å². The van der Waals surface area contributed by atoms with Crippen LogP contribution in [0.2, 0.25) is 0 Å². The van der Waals surface area contributed by atoms with Gasteiger partial charge in [-0.2, -0.15) is 23.5 Å². The van der Waals surface area contributed by atoms with Gasteiger partial charge in [-0.05, 0) is 51.2 Å². The Balaban J connectivity index is 1.55.